The van der Waals surface area contributed by atoms with Gasteiger partial charge in [-0.1, -0.05) is 6.07 Å². The Morgan fingerprint density at radius 3 is 2.55 bits per heavy atom. The Kier molecular flexibility index (Phi) is 5.82. The van der Waals surface area contributed by atoms with Crippen LogP contribution in [0, 0.1) is 0 Å². The van der Waals surface area contributed by atoms with Gasteiger partial charge in [0.2, 0.25) is 10.0 Å². The zero-order chi connectivity index (χ0) is 15.2. The molecule has 20 heavy (non-hydrogen) atoms. The molecule has 0 amide bonds. The van der Waals surface area contributed by atoms with E-state index in [1.54, 1.807) is 31.2 Å². The summed E-state index contributed by atoms with van der Waals surface area (Å²) >= 11 is 0. The molecule has 0 saturated heterocycles. The van der Waals surface area contributed by atoms with Crippen molar-refractivity contribution in [3.8, 4) is 5.75 Å². The molecule has 0 unspecified atom stereocenters. The van der Waals surface area contributed by atoms with Crippen molar-refractivity contribution in [1.29, 1.82) is 0 Å². The third-order valence-electron chi connectivity index (χ3n) is 2.62. The van der Waals surface area contributed by atoms with Gasteiger partial charge in [-0.3, -0.25) is 9.10 Å². The number of rotatable bonds is 7. The summed E-state index contributed by atoms with van der Waals surface area (Å²) in [5.41, 5.74) is 0.374. The second-order valence-corrected chi connectivity index (χ2v) is 6.10. The molecule has 1 rings (SSSR count). The summed E-state index contributed by atoms with van der Waals surface area (Å²) in [6.07, 6.45) is 0. The molecular weight excluding hydrogens is 282 g/mol. The van der Waals surface area contributed by atoms with Gasteiger partial charge in [-0.25, -0.2) is 8.42 Å². The molecule has 0 fully saturated rings. The van der Waals surface area contributed by atoms with E-state index in [4.69, 9.17) is 9.47 Å². The summed E-state index contributed by atoms with van der Waals surface area (Å²) in [7, 11) is -2.09. The summed E-state index contributed by atoms with van der Waals surface area (Å²) in [4.78, 5) is 11.6. The zero-order valence-corrected chi connectivity index (χ0v) is 12.6. The van der Waals surface area contributed by atoms with Crippen molar-refractivity contribution < 1.29 is 22.7 Å². The first kappa shape index (κ1) is 16.3. The number of methoxy groups -OCH3 is 1. The predicted molar refractivity (Wildman–Crippen MR) is 76.4 cm³/mol. The molecule has 6 nitrogen and oxygen atoms in total. The summed E-state index contributed by atoms with van der Waals surface area (Å²) in [6, 6.07) is 6.53. The van der Waals surface area contributed by atoms with Gasteiger partial charge in [-0.15, -0.1) is 0 Å². The lowest BCUT2D eigenvalue weighted by atomic mass is 10.3. The first-order valence-electron chi connectivity index (χ1n) is 6.24. The largest absolute Gasteiger partial charge is 0.497 e. The predicted octanol–water partition coefficient (Wildman–Crippen LogP) is 1.41. The van der Waals surface area contributed by atoms with Crippen molar-refractivity contribution in [2.24, 2.45) is 0 Å². The van der Waals surface area contributed by atoms with E-state index >= 15 is 0 Å². The van der Waals surface area contributed by atoms with E-state index in [0.29, 0.717) is 11.4 Å². The van der Waals surface area contributed by atoms with E-state index in [9.17, 15) is 13.2 Å². The van der Waals surface area contributed by atoms with Gasteiger partial charge >= 0.3 is 5.97 Å². The molecule has 0 aliphatic rings. The van der Waals surface area contributed by atoms with Gasteiger partial charge in [0, 0.05) is 6.07 Å². The third-order valence-corrected chi connectivity index (χ3v) is 4.36. The molecule has 0 aromatic heterocycles. The van der Waals surface area contributed by atoms with Crippen molar-refractivity contribution >= 4 is 21.7 Å². The smallest absolute Gasteiger partial charge is 0.326 e. The minimum atomic E-state index is -3.57. The Bertz CT molecular complexity index is 556. The Hall–Kier alpha value is -1.76. The highest BCUT2D eigenvalue weighted by atomic mass is 32.2. The zero-order valence-electron chi connectivity index (χ0n) is 11.8. The van der Waals surface area contributed by atoms with Crippen molar-refractivity contribution in [2.75, 3.05) is 30.3 Å². The second kappa shape index (κ2) is 7.14. The highest BCUT2D eigenvalue weighted by molar-refractivity contribution is 7.92. The summed E-state index contributed by atoms with van der Waals surface area (Å²) < 4.78 is 35.1. The number of ether oxygens (including phenoxy) is 2. The highest BCUT2D eigenvalue weighted by Gasteiger charge is 2.24. The molecule has 0 aliphatic heterocycles. The number of carbonyl (C=O) groups excluding carboxylic acids is 1. The number of nitrogens with zero attached hydrogens (tertiary/aromatic N) is 1. The van der Waals surface area contributed by atoms with Crippen molar-refractivity contribution in [1.82, 2.24) is 0 Å². The van der Waals surface area contributed by atoms with Gasteiger partial charge in [-0.05, 0) is 26.0 Å². The van der Waals surface area contributed by atoms with Crippen LogP contribution in [0.2, 0.25) is 0 Å². The Morgan fingerprint density at radius 2 is 2.00 bits per heavy atom. The molecular formula is C13H19NO5S. The molecule has 7 heteroatoms. The second-order valence-electron chi connectivity index (χ2n) is 3.91. The molecule has 0 spiro atoms. The van der Waals surface area contributed by atoms with E-state index < -0.39 is 16.0 Å². The SMILES string of the molecule is CCOC(=O)CN(c1cccc(OC)c1)S(=O)(=O)CC. The minimum absolute atomic E-state index is 0.108. The lowest BCUT2D eigenvalue weighted by molar-refractivity contribution is -0.141. The maximum atomic E-state index is 12.1. The first-order valence-corrected chi connectivity index (χ1v) is 7.85. The number of benzene rings is 1. The van der Waals surface area contributed by atoms with Crippen LogP contribution in [-0.2, 0) is 19.6 Å². The molecule has 0 aliphatic carbocycles. The number of sulfonamides is 1. The van der Waals surface area contributed by atoms with Gasteiger partial charge in [0.25, 0.3) is 0 Å². The van der Waals surface area contributed by atoms with Crippen LogP contribution in [0.15, 0.2) is 24.3 Å². The maximum Gasteiger partial charge on any atom is 0.326 e. The molecule has 0 heterocycles. The standard InChI is InChI=1S/C13H19NO5S/c1-4-19-13(15)10-14(20(16,17)5-2)11-7-6-8-12(9-11)18-3/h6-9H,4-5,10H2,1-3H3. The molecule has 0 bridgehead atoms. The minimum Gasteiger partial charge on any atom is -0.497 e. The van der Waals surface area contributed by atoms with Crippen LogP contribution < -0.4 is 9.04 Å². The molecule has 0 saturated carbocycles. The normalized spacial score (nSPS) is 10.9. The monoisotopic (exact) mass is 301 g/mol. The Balaban J connectivity index is 3.13. The first-order chi connectivity index (χ1) is 9.44. The quantitative estimate of drug-likeness (QED) is 0.712. The van der Waals surface area contributed by atoms with Gasteiger partial charge < -0.3 is 9.47 Å². The van der Waals surface area contributed by atoms with Gasteiger partial charge in [0.05, 0.1) is 25.2 Å². The van der Waals surface area contributed by atoms with Crippen molar-refractivity contribution in [3.63, 3.8) is 0 Å². The van der Waals surface area contributed by atoms with Crippen LogP contribution in [0.1, 0.15) is 13.8 Å². The molecule has 0 radical (unpaired) electrons. The van der Waals surface area contributed by atoms with Crippen LogP contribution in [0.25, 0.3) is 0 Å². The van der Waals surface area contributed by atoms with Crippen molar-refractivity contribution in [2.45, 2.75) is 13.8 Å². The molecule has 1 aromatic rings. The average molecular weight is 301 g/mol. The fourth-order valence-corrected chi connectivity index (χ4v) is 2.64. The van der Waals surface area contributed by atoms with Crippen molar-refractivity contribution in [3.05, 3.63) is 24.3 Å². The van der Waals surface area contributed by atoms with E-state index in [1.165, 1.54) is 14.0 Å². The lowest BCUT2D eigenvalue weighted by Gasteiger charge is -2.23. The number of hydrogen-bond acceptors (Lipinski definition) is 5. The molecule has 0 N–H and O–H groups in total. The number of anilines is 1. The Morgan fingerprint density at radius 1 is 1.30 bits per heavy atom. The molecule has 1 aromatic carbocycles. The van der Waals surface area contributed by atoms with Crippen LogP contribution in [-0.4, -0.2) is 40.4 Å². The van der Waals surface area contributed by atoms with E-state index in [2.05, 4.69) is 0 Å². The number of carbonyl (C=O) groups is 1. The third kappa shape index (κ3) is 4.12. The van der Waals surface area contributed by atoms with E-state index in [0.717, 1.165) is 4.31 Å². The van der Waals surface area contributed by atoms with E-state index in [1.807, 2.05) is 0 Å². The van der Waals surface area contributed by atoms with Gasteiger partial charge in [-0.2, -0.15) is 0 Å². The number of esters is 1. The van der Waals surface area contributed by atoms with Gasteiger partial charge in [0.15, 0.2) is 0 Å². The summed E-state index contributed by atoms with van der Waals surface area (Å²) in [5, 5.41) is 0. The van der Waals surface area contributed by atoms with Crippen LogP contribution >= 0.6 is 0 Å². The Labute approximate surface area is 119 Å². The highest BCUT2D eigenvalue weighted by Crippen LogP contribution is 2.23. The van der Waals surface area contributed by atoms with E-state index in [-0.39, 0.29) is 18.9 Å². The fourth-order valence-electron chi connectivity index (χ4n) is 1.60. The van der Waals surface area contributed by atoms with Crippen LogP contribution in [0.4, 0.5) is 5.69 Å². The molecule has 112 valence electrons. The van der Waals surface area contributed by atoms with Gasteiger partial charge in [0.1, 0.15) is 12.3 Å². The maximum absolute atomic E-state index is 12.1. The van der Waals surface area contributed by atoms with Crippen LogP contribution in [0.3, 0.4) is 0 Å². The topological polar surface area (TPSA) is 72.9 Å². The molecule has 0 atom stereocenters. The number of hydrogen-bond donors (Lipinski definition) is 0. The fraction of sp³-hybridized carbons (Fsp3) is 0.462. The van der Waals surface area contributed by atoms with Crippen LogP contribution in [0.5, 0.6) is 5.75 Å². The average Bonchev–Trinajstić information content (AvgIpc) is 2.45. The summed E-state index contributed by atoms with van der Waals surface area (Å²) in [5.74, 6) is -0.182. The lowest BCUT2D eigenvalue weighted by Crippen LogP contribution is -2.37. The summed E-state index contributed by atoms with van der Waals surface area (Å²) in [6.45, 7) is 3.05.